The predicted molar refractivity (Wildman–Crippen MR) is 134 cm³/mol. The summed E-state index contributed by atoms with van der Waals surface area (Å²) < 4.78 is 11.1. The molecule has 0 bridgehead atoms. The number of morpholine rings is 1. The first kappa shape index (κ1) is 24.7. The smallest absolute Gasteiger partial charge is 0.295 e. The summed E-state index contributed by atoms with van der Waals surface area (Å²) >= 11 is 0. The van der Waals surface area contributed by atoms with Crippen molar-refractivity contribution >= 4 is 17.4 Å². The zero-order chi connectivity index (χ0) is 24.8. The summed E-state index contributed by atoms with van der Waals surface area (Å²) in [5.41, 5.74) is 2.36. The molecule has 35 heavy (non-hydrogen) atoms. The number of likely N-dealkylation sites (tertiary alicyclic amines) is 1. The maximum atomic E-state index is 13.2. The van der Waals surface area contributed by atoms with Gasteiger partial charge in [0, 0.05) is 31.7 Å². The quantitative estimate of drug-likeness (QED) is 0.257. The number of nitrogens with zero attached hydrogens (tertiary/aromatic N) is 2. The highest BCUT2D eigenvalue weighted by molar-refractivity contribution is 6.46. The second-order valence-electron chi connectivity index (χ2n) is 8.84. The molecule has 1 atom stereocenters. The number of carbonyl (C=O) groups excluding carboxylic acids is 2. The minimum absolute atomic E-state index is 0.103. The topological polar surface area (TPSA) is 79.3 Å². The van der Waals surface area contributed by atoms with Gasteiger partial charge in [-0.1, -0.05) is 54.6 Å². The number of hydrogen-bond donors (Lipinski definition) is 1. The van der Waals surface area contributed by atoms with Crippen LogP contribution in [-0.2, 0) is 14.3 Å². The molecular weight excluding hydrogens is 444 g/mol. The summed E-state index contributed by atoms with van der Waals surface area (Å²) in [6, 6.07) is 13.9. The highest BCUT2D eigenvalue weighted by Crippen LogP contribution is 2.40. The molecule has 2 aromatic rings. The zero-order valence-corrected chi connectivity index (χ0v) is 20.1. The van der Waals surface area contributed by atoms with Crippen LogP contribution in [0.1, 0.15) is 29.2 Å². The van der Waals surface area contributed by atoms with Gasteiger partial charge in [-0.25, -0.2) is 0 Å². The zero-order valence-electron chi connectivity index (χ0n) is 20.1. The number of carbonyl (C=O) groups is 2. The lowest BCUT2D eigenvalue weighted by atomic mass is 9.95. The molecule has 2 heterocycles. The van der Waals surface area contributed by atoms with Crippen molar-refractivity contribution in [3.05, 3.63) is 83.4 Å². The summed E-state index contributed by atoms with van der Waals surface area (Å²) in [7, 11) is 0. The highest BCUT2D eigenvalue weighted by Gasteiger charge is 2.45. The van der Waals surface area contributed by atoms with E-state index in [9.17, 15) is 14.7 Å². The molecule has 2 aliphatic heterocycles. The van der Waals surface area contributed by atoms with Gasteiger partial charge < -0.3 is 19.5 Å². The van der Waals surface area contributed by atoms with Gasteiger partial charge in [-0.2, -0.15) is 0 Å². The Kier molecular flexibility index (Phi) is 8.00. The maximum Gasteiger partial charge on any atom is 0.295 e. The molecule has 4 rings (SSSR count). The molecule has 2 saturated heterocycles. The standard InChI is InChI=1S/C28H32N2O5/c1-3-16-35-23-7-4-6-22(19-23)25-24(26(31)21-10-8-20(2)9-11-21)27(32)28(33)30(25)13-5-12-29-14-17-34-18-15-29/h3-4,6-11,19,25,31H,1,5,12-18H2,2H3/b26-24+/t25-/m1/s1. The average Bonchev–Trinajstić information content (AvgIpc) is 3.13. The van der Waals surface area contributed by atoms with E-state index >= 15 is 0 Å². The fourth-order valence-electron chi connectivity index (χ4n) is 4.54. The second-order valence-corrected chi connectivity index (χ2v) is 8.84. The third-order valence-electron chi connectivity index (χ3n) is 6.38. The third-order valence-corrected chi connectivity index (χ3v) is 6.38. The maximum absolute atomic E-state index is 13.2. The van der Waals surface area contributed by atoms with E-state index in [1.165, 1.54) is 0 Å². The van der Waals surface area contributed by atoms with Crippen LogP contribution in [0.15, 0.2) is 66.8 Å². The number of aliphatic hydroxyl groups excluding tert-OH is 1. The number of benzene rings is 2. The van der Waals surface area contributed by atoms with Crippen molar-refractivity contribution in [2.75, 3.05) is 46.0 Å². The van der Waals surface area contributed by atoms with Gasteiger partial charge in [-0.05, 0) is 31.0 Å². The van der Waals surface area contributed by atoms with Crippen molar-refractivity contribution in [1.29, 1.82) is 0 Å². The minimum Gasteiger partial charge on any atom is -0.507 e. The molecule has 2 fully saturated rings. The Morgan fingerprint density at radius 3 is 2.60 bits per heavy atom. The molecule has 0 saturated carbocycles. The van der Waals surface area contributed by atoms with E-state index < -0.39 is 17.7 Å². The van der Waals surface area contributed by atoms with Gasteiger partial charge in [-0.3, -0.25) is 14.5 Å². The Hall–Kier alpha value is -3.42. The van der Waals surface area contributed by atoms with Crippen LogP contribution in [0.2, 0.25) is 0 Å². The summed E-state index contributed by atoms with van der Waals surface area (Å²) in [5, 5.41) is 11.2. The van der Waals surface area contributed by atoms with Crippen molar-refractivity contribution in [2.24, 2.45) is 0 Å². The average molecular weight is 477 g/mol. The number of ether oxygens (including phenoxy) is 2. The molecule has 0 radical (unpaired) electrons. The number of amides is 1. The largest absolute Gasteiger partial charge is 0.507 e. The van der Waals surface area contributed by atoms with Crippen LogP contribution < -0.4 is 4.74 Å². The molecule has 184 valence electrons. The number of Topliss-reactive ketones (excluding diaryl/α,β-unsaturated/α-hetero) is 1. The van der Waals surface area contributed by atoms with Crippen molar-refractivity contribution in [1.82, 2.24) is 9.80 Å². The fourth-order valence-corrected chi connectivity index (χ4v) is 4.54. The Labute approximate surface area is 206 Å². The van der Waals surface area contributed by atoms with Crippen molar-refractivity contribution in [2.45, 2.75) is 19.4 Å². The minimum atomic E-state index is -0.701. The van der Waals surface area contributed by atoms with Crippen molar-refractivity contribution < 1.29 is 24.2 Å². The van der Waals surface area contributed by atoms with Crippen LogP contribution >= 0.6 is 0 Å². The van der Waals surface area contributed by atoms with Gasteiger partial charge in [0.25, 0.3) is 11.7 Å². The van der Waals surface area contributed by atoms with Gasteiger partial charge in [-0.15, -0.1) is 0 Å². The van der Waals surface area contributed by atoms with Crippen molar-refractivity contribution in [3.8, 4) is 5.75 Å². The lowest BCUT2D eigenvalue weighted by Crippen LogP contribution is -2.38. The molecule has 7 heteroatoms. The first-order valence-corrected chi connectivity index (χ1v) is 12.0. The number of rotatable bonds is 9. The summed E-state index contributed by atoms with van der Waals surface area (Å²) in [6.45, 7) is 10.3. The van der Waals surface area contributed by atoms with Crippen LogP contribution in [0, 0.1) is 6.92 Å². The number of hydrogen-bond acceptors (Lipinski definition) is 6. The van der Waals surface area contributed by atoms with Crippen LogP contribution in [0.3, 0.4) is 0 Å². The van der Waals surface area contributed by atoms with Crippen molar-refractivity contribution in [3.63, 3.8) is 0 Å². The van der Waals surface area contributed by atoms with E-state index in [0.29, 0.717) is 49.7 Å². The van der Waals surface area contributed by atoms with Crippen LogP contribution in [-0.4, -0.2) is 72.6 Å². The number of ketones is 1. The Balaban J connectivity index is 1.68. The van der Waals surface area contributed by atoms with E-state index in [-0.39, 0.29) is 11.3 Å². The summed E-state index contributed by atoms with van der Waals surface area (Å²) in [4.78, 5) is 30.3. The first-order valence-electron chi connectivity index (χ1n) is 12.0. The molecule has 2 aliphatic rings. The normalized spacial score (nSPS) is 20.3. The van der Waals surface area contributed by atoms with E-state index in [4.69, 9.17) is 9.47 Å². The molecule has 2 aromatic carbocycles. The fraction of sp³-hybridized carbons (Fsp3) is 0.357. The van der Waals surface area contributed by atoms with E-state index in [1.54, 1.807) is 23.1 Å². The molecule has 1 amide bonds. The highest BCUT2D eigenvalue weighted by atomic mass is 16.5. The number of aliphatic hydroxyl groups is 1. The monoisotopic (exact) mass is 476 g/mol. The predicted octanol–water partition coefficient (Wildman–Crippen LogP) is 3.70. The third kappa shape index (κ3) is 5.63. The van der Waals surface area contributed by atoms with Gasteiger partial charge in [0.1, 0.15) is 18.1 Å². The van der Waals surface area contributed by atoms with Gasteiger partial charge >= 0.3 is 0 Å². The lowest BCUT2D eigenvalue weighted by molar-refractivity contribution is -0.140. The summed E-state index contributed by atoms with van der Waals surface area (Å²) in [5.74, 6) is -0.821. The van der Waals surface area contributed by atoms with Gasteiger partial charge in [0.2, 0.25) is 0 Å². The van der Waals surface area contributed by atoms with E-state index in [2.05, 4.69) is 11.5 Å². The van der Waals surface area contributed by atoms with Gasteiger partial charge in [0.05, 0.1) is 24.8 Å². The van der Waals surface area contributed by atoms with Gasteiger partial charge in [0.15, 0.2) is 0 Å². The van der Waals surface area contributed by atoms with Crippen LogP contribution in [0.25, 0.3) is 5.76 Å². The second kappa shape index (κ2) is 11.3. The molecule has 0 spiro atoms. The van der Waals surface area contributed by atoms with Crippen LogP contribution in [0.5, 0.6) is 5.75 Å². The molecule has 1 N–H and O–H groups in total. The molecular formula is C28H32N2O5. The lowest BCUT2D eigenvalue weighted by Gasteiger charge is -2.29. The molecule has 0 aromatic heterocycles. The Bertz CT molecular complexity index is 1100. The van der Waals surface area contributed by atoms with Crippen LogP contribution in [0.4, 0.5) is 0 Å². The molecule has 0 aliphatic carbocycles. The Morgan fingerprint density at radius 2 is 1.89 bits per heavy atom. The summed E-state index contributed by atoms with van der Waals surface area (Å²) in [6.07, 6.45) is 2.36. The number of aryl methyl sites for hydroxylation is 1. The SMILES string of the molecule is C=CCOc1cccc([C@@H]2/C(=C(\O)c3ccc(C)cc3)C(=O)C(=O)N2CCCN2CCOCC2)c1. The van der Waals surface area contributed by atoms with E-state index in [1.807, 2.05) is 43.3 Å². The first-order chi connectivity index (χ1) is 17.0. The Morgan fingerprint density at radius 1 is 1.14 bits per heavy atom. The molecule has 0 unspecified atom stereocenters. The molecule has 7 nitrogen and oxygen atoms in total. The van der Waals surface area contributed by atoms with E-state index in [0.717, 1.165) is 25.2 Å².